The van der Waals surface area contributed by atoms with Gasteiger partial charge in [0.1, 0.15) is 17.3 Å². The molecule has 160 valence electrons. The molecule has 0 fully saturated rings. The molecular weight excluding hydrogens is 418 g/mol. The standard InChI is InChI=1S/C22H15N3O7/c1-12-17(21(27)24(23-12)14-4-2-3-13(9-14)22(28)29)11-16-6-8-20(32-16)18-10-15(25(30)31)5-7-19(18)26/h2-11,26H,1H3,(H,28,29)/b17-11-. The highest BCUT2D eigenvalue weighted by molar-refractivity contribution is 6.32. The van der Waals surface area contributed by atoms with Gasteiger partial charge in [0.2, 0.25) is 0 Å². The number of amides is 1. The summed E-state index contributed by atoms with van der Waals surface area (Å²) < 4.78 is 5.67. The Kier molecular flexibility index (Phi) is 5.03. The van der Waals surface area contributed by atoms with Crippen LogP contribution in [-0.4, -0.2) is 32.7 Å². The van der Waals surface area contributed by atoms with Gasteiger partial charge < -0.3 is 14.6 Å². The lowest BCUT2D eigenvalue weighted by atomic mass is 10.1. The first kappa shape index (κ1) is 20.5. The van der Waals surface area contributed by atoms with Gasteiger partial charge in [-0.3, -0.25) is 14.9 Å². The quantitative estimate of drug-likeness (QED) is 0.350. The first-order valence-corrected chi connectivity index (χ1v) is 9.27. The number of carboxylic acid groups (broad SMARTS) is 1. The zero-order chi connectivity index (χ0) is 23.0. The molecule has 1 aliphatic heterocycles. The summed E-state index contributed by atoms with van der Waals surface area (Å²) in [6.07, 6.45) is 1.46. The normalized spacial score (nSPS) is 14.7. The number of phenols is 1. The highest BCUT2D eigenvalue weighted by Crippen LogP contribution is 2.34. The van der Waals surface area contributed by atoms with Crippen LogP contribution in [0.5, 0.6) is 5.75 Å². The predicted molar refractivity (Wildman–Crippen MR) is 114 cm³/mol. The van der Waals surface area contributed by atoms with Crippen LogP contribution >= 0.6 is 0 Å². The molecule has 0 saturated carbocycles. The van der Waals surface area contributed by atoms with E-state index in [0.29, 0.717) is 11.4 Å². The summed E-state index contributed by atoms with van der Waals surface area (Å²) in [6.45, 7) is 1.63. The van der Waals surface area contributed by atoms with Crippen molar-refractivity contribution in [3.63, 3.8) is 0 Å². The van der Waals surface area contributed by atoms with E-state index >= 15 is 0 Å². The summed E-state index contributed by atoms with van der Waals surface area (Å²) in [5.41, 5.74) is 0.885. The number of hydrogen-bond donors (Lipinski definition) is 2. The Hall–Kier alpha value is -4.73. The molecule has 2 heterocycles. The largest absolute Gasteiger partial charge is 0.507 e. The molecule has 0 radical (unpaired) electrons. The van der Waals surface area contributed by atoms with Crippen LogP contribution in [-0.2, 0) is 4.79 Å². The lowest BCUT2D eigenvalue weighted by Gasteiger charge is -2.12. The maximum atomic E-state index is 12.9. The number of hydrogen-bond acceptors (Lipinski definition) is 7. The molecule has 10 nitrogen and oxygen atoms in total. The molecule has 0 bridgehead atoms. The van der Waals surface area contributed by atoms with Crippen molar-refractivity contribution in [3.8, 4) is 17.1 Å². The van der Waals surface area contributed by atoms with Crippen molar-refractivity contribution in [1.29, 1.82) is 0 Å². The van der Waals surface area contributed by atoms with Crippen molar-refractivity contribution in [2.45, 2.75) is 6.92 Å². The summed E-state index contributed by atoms with van der Waals surface area (Å²) in [7, 11) is 0. The smallest absolute Gasteiger partial charge is 0.335 e. The highest BCUT2D eigenvalue weighted by Gasteiger charge is 2.29. The Bertz CT molecular complexity index is 1340. The molecule has 1 aromatic heterocycles. The number of carbonyl (C=O) groups is 2. The van der Waals surface area contributed by atoms with Gasteiger partial charge in [0.05, 0.1) is 33.0 Å². The second-order valence-electron chi connectivity index (χ2n) is 6.88. The van der Waals surface area contributed by atoms with Crippen LogP contribution in [0.15, 0.2) is 69.7 Å². The third-order valence-corrected chi connectivity index (χ3v) is 4.77. The second kappa shape index (κ2) is 7.84. The zero-order valence-corrected chi connectivity index (χ0v) is 16.6. The Morgan fingerprint density at radius 1 is 1.19 bits per heavy atom. The number of aromatic carboxylic acids is 1. The Morgan fingerprint density at radius 3 is 2.69 bits per heavy atom. The van der Waals surface area contributed by atoms with E-state index in [1.165, 1.54) is 48.5 Å². The first-order chi connectivity index (χ1) is 15.2. The van der Waals surface area contributed by atoms with Crippen LogP contribution in [0, 0.1) is 10.1 Å². The molecule has 1 aliphatic rings. The topological polar surface area (TPSA) is 146 Å². The van der Waals surface area contributed by atoms with Gasteiger partial charge in [0, 0.05) is 12.1 Å². The number of phenolic OH excluding ortho intramolecular Hbond substituents is 1. The summed E-state index contributed by atoms with van der Waals surface area (Å²) in [4.78, 5) is 34.5. The van der Waals surface area contributed by atoms with E-state index < -0.39 is 16.8 Å². The van der Waals surface area contributed by atoms with Crippen molar-refractivity contribution in [2.24, 2.45) is 5.10 Å². The van der Waals surface area contributed by atoms with Gasteiger partial charge in [0.25, 0.3) is 11.6 Å². The maximum Gasteiger partial charge on any atom is 0.335 e. The fourth-order valence-corrected chi connectivity index (χ4v) is 3.18. The number of nitro benzene ring substituents is 1. The van der Waals surface area contributed by atoms with E-state index in [4.69, 9.17) is 9.52 Å². The number of carbonyl (C=O) groups excluding carboxylic acids is 1. The number of carboxylic acids is 1. The molecule has 0 aliphatic carbocycles. The van der Waals surface area contributed by atoms with Gasteiger partial charge in [-0.05, 0) is 49.4 Å². The van der Waals surface area contributed by atoms with E-state index in [1.54, 1.807) is 19.1 Å². The maximum absolute atomic E-state index is 12.9. The molecule has 10 heteroatoms. The predicted octanol–water partition coefficient (Wildman–Crippen LogP) is 4.06. The Morgan fingerprint density at radius 2 is 1.97 bits per heavy atom. The Balaban J connectivity index is 1.64. The summed E-state index contributed by atoms with van der Waals surface area (Å²) in [5, 5.41) is 35.5. The molecule has 1 amide bonds. The number of furan rings is 1. The minimum absolute atomic E-state index is 0.0213. The average Bonchev–Trinajstić information content (AvgIpc) is 3.34. The van der Waals surface area contributed by atoms with Gasteiger partial charge in [0.15, 0.2) is 0 Å². The molecule has 0 saturated heterocycles. The molecule has 3 aromatic rings. The zero-order valence-electron chi connectivity index (χ0n) is 16.6. The van der Waals surface area contributed by atoms with Crippen molar-refractivity contribution < 1.29 is 29.1 Å². The van der Waals surface area contributed by atoms with Crippen molar-refractivity contribution in [2.75, 3.05) is 5.01 Å². The fraction of sp³-hybridized carbons (Fsp3) is 0.0455. The summed E-state index contributed by atoms with van der Waals surface area (Å²) in [6, 6.07) is 12.5. The number of hydrazone groups is 1. The van der Waals surface area contributed by atoms with E-state index in [0.717, 1.165) is 5.01 Å². The number of nitrogens with zero attached hydrogens (tertiary/aromatic N) is 3. The number of anilines is 1. The first-order valence-electron chi connectivity index (χ1n) is 9.27. The molecule has 0 unspecified atom stereocenters. The molecule has 4 rings (SSSR count). The van der Waals surface area contributed by atoms with Gasteiger partial charge in [-0.1, -0.05) is 6.07 Å². The van der Waals surface area contributed by atoms with Crippen molar-refractivity contribution in [1.82, 2.24) is 0 Å². The summed E-state index contributed by atoms with van der Waals surface area (Å²) in [5.74, 6) is -1.33. The number of non-ortho nitro benzene ring substituents is 1. The van der Waals surface area contributed by atoms with Crippen LogP contribution in [0.2, 0.25) is 0 Å². The van der Waals surface area contributed by atoms with Gasteiger partial charge >= 0.3 is 5.97 Å². The molecule has 2 aromatic carbocycles. The average molecular weight is 433 g/mol. The molecule has 2 N–H and O–H groups in total. The minimum Gasteiger partial charge on any atom is -0.507 e. The van der Waals surface area contributed by atoms with E-state index in [9.17, 15) is 24.8 Å². The van der Waals surface area contributed by atoms with Crippen LogP contribution in [0.25, 0.3) is 17.4 Å². The molecule has 32 heavy (non-hydrogen) atoms. The van der Waals surface area contributed by atoms with Gasteiger partial charge in [-0.15, -0.1) is 0 Å². The number of rotatable bonds is 5. The number of nitro groups is 1. The van der Waals surface area contributed by atoms with Crippen LogP contribution in [0.3, 0.4) is 0 Å². The lowest BCUT2D eigenvalue weighted by molar-refractivity contribution is -0.384. The van der Waals surface area contributed by atoms with Crippen LogP contribution in [0.4, 0.5) is 11.4 Å². The van der Waals surface area contributed by atoms with Crippen molar-refractivity contribution >= 4 is 35.0 Å². The Labute approximate surface area is 180 Å². The van der Waals surface area contributed by atoms with Crippen molar-refractivity contribution in [3.05, 3.63) is 81.6 Å². The summed E-state index contributed by atoms with van der Waals surface area (Å²) >= 11 is 0. The SMILES string of the molecule is CC1=NN(c2cccc(C(=O)O)c2)C(=O)/C1=C\c1ccc(-c2cc([N+](=O)[O-])ccc2O)o1. The third-order valence-electron chi connectivity index (χ3n) is 4.77. The second-order valence-corrected chi connectivity index (χ2v) is 6.88. The monoisotopic (exact) mass is 433 g/mol. The lowest BCUT2D eigenvalue weighted by Crippen LogP contribution is -2.21. The number of aromatic hydroxyl groups is 1. The van der Waals surface area contributed by atoms with E-state index in [1.807, 2.05) is 0 Å². The van der Waals surface area contributed by atoms with Gasteiger partial charge in [-0.2, -0.15) is 10.1 Å². The number of benzene rings is 2. The van der Waals surface area contributed by atoms with E-state index in [2.05, 4.69) is 5.10 Å². The van der Waals surface area contributed by atoms with Gasteiger partial charge in [-0.25, -0.2) is 4.79 Å². The highest BCUT2D eigenvalue weighted by atomic mass is 16.6. The van der Waals surface area contributed by atoms with E-state index in [-0.39, 0.29) is 39.7 Å². The van der Waals surface area contributed by atoms with Crippen LogP contribution in [0.1, 0.15) is 23.0 Å². The fourth-order valence-electron chi connectivity index (χ4n) is 3.18. The minimum atomic E-state index is -1.12. The van der Waals surface area contributed by atoms with Crippen LogP contribution < -0.4 is 5.01 Å². The molecular formula is C22H15N3O7. The molecule has 0 atom stereocenters. The molecule has 0 spiro atoms. The third kappa shape index (κ3) is 3.72.